The van der Waals surface area contributed by atoms with Crippen LogP contribution < -0.4 is 0 Å². The summed E-state index contributed by atoms with van der Waals surface area (Å²) in [5, 5.41) is 12.3. The van der Waals surface area contributed by atoms with Gasteiger partial charge in [-0.3, -0.25) is 0 Å². The molecule has 0 aliphatic rings. The maximum atomic E-state index is 10.2. The van der Waals surface area contributed by atoms with Gasteiger partial charge in [0.2, 0.25) is 0 Å². The van der Waals surface area contributed by atoms with Gasteiger partial charge in [0.1, 0.15) is 0 Å². The SMILES string of the molecule is Cc1scc(C(O)C(C)C(C)C)c1C. The Bertz CT molecular complexity index is 301. The highest BCUT2D eigenvalue weighted by Gasteiger charge is 2.22. The lowest BCUT2D eigenvalue weighted by Crippen LogP contribution is -2.15. The highest BCUT2D eigenvalue weighted by Crippen LogP contribution is 2.33. The van der Waals surface area contributed by atoms with Crippen LogP contribution in [0.5, 0.6) is 0 Å². The lowest BCUT2D eigenvalue weighted by Gasteiger charge is -2.22. The Morgan fingerprint density at radius 2 is 1.79 bits per heavy atom. The summed E-state index contributed by atoms with van der Waals surface area (Å²) in [6, 6.07) is 0. The fourth-order valence-corrected chi connectivity index (χ4v) is 2.39. The molecule has 14 heavy (non-hydrogen) atoms. The van der Waals surface area contributed by atoms with Crippen molar-refractivity contribution in [3.05, 3.63) is 21.4 Å². The van der Waals surface area contributed by atoms with Crippen LogP contribution in [0.15, 0.2) is 5.38 Å². The number of thiophene rings is 1. The van der Waals surface area contributed by atoms with E-state index in [-0.39, 0.29) is 6.10 Å². The van der Waals surface area contributed by atoms with Crippen molar-refractivity contribution in [3.8, 4) is 0 Å². The Hall–Kier alpha value is -0.340. The van der Waals surface area contributed by atoms with Crippen molar-refractivity contribution in [2.75, 3.05) is 0 Å². The molecule has 1 rings (SSSR count). The third-order valence-electron chi connectivity index (χ3n) is 3.19. The first-order valence-corrected chi connectivity index (χ1v) is 6.05. The molecule has 2 unspecified atom stereocenters. The van der Waals surface area contributed by atoms with Crippen LogP contribution in [0.4, 0.5) is 0 Å². The number of hydrogen-bond acceptors (Lipinski definition) is 2. The first-order chi connectivity index (χ1) is 6.45. The molecule has 0 bridgehead atoms. The highest BCUT2D eigenvalue weighted by molar-refractivity contribution is 7.10. The molecule has 0 aliphatic heterocycles. The van der Waals surface area contributed by atoms with Crippen molar-refractivity contribution in [2.24, 2.45) is 11.8 Å². The van der Waals surface area contributed by atoms with Crippen LogP contribution in [0, 0.1) is 25.7 Å². The predicted molar refractivity (Wildman–Crippen MR) is 62.8 cm³/mol. The maximum Gasteiger partial charge on any atom is 0.0828 e. The van der Waals surface area contributed by atoms with E-state index in [0.717, 1.165) is 5.56 Å². The molecule has 0 radical (unpaired) electrons. The largest absolute Gasteiger partial charge is 0.388 e. The number of aryl methyl sites for hydroxylation is 1. The molecule has 0 aromatic carbocycles. The van der Waals surface area contributed by atoms with Gasteiger partial charge in [-0.15, -0.1) is 11.3 Å². The Balaban J connectivity index is 2.89. The van der Waals surface area contributed by atoms with Crippen LogP contribution in [-0.2, 0) is 0 Å². The summed E-state index contributed by atoms with van der Waals surface area (Å²) in [6.07, 6.45) is -0.306. The maximum absolute atomic E-state index is 10.2. The molecule has 2 atom stereocenters. The molecular weight excluding hydrogens is 192 g/mol. The van der Waals surface area contributed by atoms with E-state index in [1.165, 1.54) is 10.4 Å². The van der Waals surface area contributed by atoms with Crippen molar-refractivity contribution in [1.29, 1.82) is 0 Å². The second-order valence-electron chi connectivity index (χ2n) is 4.42. The van der Waals surface area contributed by atoms with Gasteiger partial charge in [-0.2, -0.15) is 0 Å². The zero-order valence-electron chi connectivity index (χ0n) is 9.66. The smallest absolute Gasteiger partial charge is 0.0828 e. The molecule has 0 saturated carbocycles. The molecule has 0 fully saturated rings. The summed E-state index contributed by atoms with van der Waals surface area (Å²) >= 11 is 1.73. The summed E-state index contributed by atoms with van der Waals surface area (Å²) in [5.41, 5.74) is 2.38. The van der Waals surface area contributed by atoms with E-state index in [1.807, 2.05) is 0 Å². The monoisotopic (exact) mass is 212 g/mol. The van der Waals surface area contributed by atoms with Gasteiger partial charge in [-0.05, 0) is 42.2 Å². The lowest BCUT2D eigenvalue weighted by molar-refractivity contribution is 0.0919. The average molecular weight is 212 g/mol. The average Bonchev–Trinajstić information content (AvgIpc) is 2.45. The van der Waals surface area contributed by atoms with Gasteiger partial charge in [0, 0.05) is 4.88 Å². The zero-order chi connectivity index (χ0) is 10.9. The van der Waals surface area contributed by atoms with Crippen molar-refractivity contribution >= 4 is 11.3 Å². The standard InChI is InChI=1S/C12H20OS/c1-7(2)8(3)12(13)11-6-14-10(5)9(11)4/h6-8,12-13H,1-5H3. The van der Waals surface area contributed by atoms with E-state index in [2.05, 4.69) is 40.0 Å². The second kappa shape index (κ2) is 4.45. The number of rotatable bonds is 3. The van der Waals surface area contributed by atoms with Gasteiger partial charge in [0.25, 0.3) is 0 Å². The van der Waals surface area contributed by atoms with E-state index in [0.29, 0.717) is 11.8 Å². The molecule has 1 N–H and O–H groups in total. The minimum absolute atomic E-state index is 0.306. The molecule has 1 aromatic heterocycles. The van der Waals surface area contributed by atoms with Crippen LogP contribution >= 0.6 is 11.3 Å². The van der Waals surface area contributed by atoms with Crippen molar-refractivity contribution in [2.45, 2.75) is 40.7 Å². The third kappa shape index (κ3) is 2.18. The molecule has 1 aromatic rings. The first kappa shape index (κ1) is 11.7. The normalized spacial score (nSPS) is 15.9. The van der Waals surface area contributed by atoms with Gasteiger partial charge in [-0.25, -0.2) is 0 Å². The van der Waals surface area contributed by atoms with Gasteiger partial charge < -0.3 is 5.11 Å². The number of aliphatic hydroxyl groups is 1. The van der Waals surface area contributed by atoms with Crippen molar-refractivity contribution < 1.29 is 5.11 Å². The Morgan fingerprint density at radius 1 is 1.21 bits per heavy atom. The molecule has 1 heterocycles. The van der Waals surface area contributed by atoms with Crippen molar-refractivity contribution in [1.82, 2.24) is 0 Å². The minimum Gasteiger partial charge on any atom is -0.388 e. The molecule has 0 saturated heterocycles. The summed E-state index contributed by atoms with van der Waals surface area (Å²) in [4.78, 5) is 1.31. The molecule has 0 amide bonds. The third-order valence-corrected chi connectivity index (χ3v) is 4.22. The van der Waals surface area contributed by atoms with Crippen LogP contribution in [0.25, 0.3) is 0 Å². The summed E-state index contributed by atoms with van der Waals surface area (Å²) in [6.45, 7) is 10.6. The predicted octanol–water partition coefficient (Wildman–Crippen LogP) is 3.69. The Labute approximate surface area is 90.8 Å². The van der Waals surface area contributed by atoms with E-state index in [1.54, 1.807) is 11.3 Å². The molecule has 0 spiro atoms. The fraction of sp³-hybridized carbons (Fsp3) is 0.667. The quantitative estimate of drug-likeness (QED) is 0.810. The topological polar surface area (TPSA) is 20.2 Å². The fourth-order valence-electron chi connectivity index (χ4n) is 1.47. The summed E-state index contributed by atoms with van der Waals surface area (Å²) in [7, 11) is 0. The number of hydrogen-bond donors (Lipinski definition) is 1. The summed E-state index contributed by atoms with van der Waals surface area (Å²) < 4.78 is 0. The second-order valence-corrected chi connectivity index (χ2v) is 5.50. The van der Waals surface area contributed by atoms with Crippen LogP contribution in [0.1, 0.15) is 42.9 Å². The Kier molecular flexibility index (Phi) is 3.73. The van der Waals surface area contributed by atoms with Gasteiger partial charge in [0.05, 0.1) is 6.10 Å². The zero-order valence-corrected chi connectivity index (χ0v) is 10.5. The molecule has 80 valence electrons. The van der Waals surface area contributed by atoms with Crippen LogP contribution in [-0.4, -0.2) is 5.11 Å². The van der Waals surface area contributed by atoms with E-state index in [9.17, 15) is 5.11 Å². The van der Waals surface area contributed by atoms with Crippen LogP contribution in [0.3, 0.4) is 0 Å². The first-order valence-electron chi connectivity index (χ1n) is 5.17. The highest BCUT2D eigenvalue weighted by atomic mass is 32.1. The molecule has 1 nitrogen and oxygen atoms in total. The summed E-state index contributed by atoms with van der Waals surface area (Å²) in [5.74, 6) is 0.840. The lowest BCUT2D eigenvalue weighted by atomic mass is 9.88. The van der Waals surface area contributed by atoms with E-state index in [4.69, 9.17) is 0 Å². The van der Waals surface area contributed by atoms with Crippen molar-refractivity contribution in [3.63, 3.8) is 0 Å². The van der Waals surface area contributed by atoms with Gasteiger partial charge in [0.15, 0.2) is 0 Å². The van der Waals surface area contributed by atoms with Crippen LogP contribution in [0.2, 0.25) is 0 Å². The van der Waals surface area contributed by atoms with Gasteiger partial charge >= 0.3 is 0 Å². The van der Waals surface area contributed by atoms with Gasteiger partial charge in [-0.1, -0.05) is 20.8 Å². The van der Waals surface area contributed by atoms with E-state index >= 15 is 0 Å². The Morgan fingerprint density at radius 3 is 2.14 bits per heavy atom. The molecular formula is C12H20OS. The molecule has 2 heteroatoms. The molecule has 0 aliphatic carbocycles. The van der Waals surface area contributed by atoms with E-state index < -0.39 is 0 Å². The number of aliphatic hydroxyl groups excluding tert-OH is 1. The minimum atomic E-state index is -0.306.